The van der Waals surface area contributed by atoms with Crippen LogP contribution in [0.5, 0.6) is 5.75 Å². The van der Waals surface area contributed by atoms with E-state index in [2.05, 4.69) is 5.32 Å². The van der Waals surface area contributed by atoms with E-state index >= 15 is 0 Å². The van der Waals surface area contributed by atoms with Gasteiger partial charge >= 0.3 is 0 Å². The van der Waals surface area contributed by atoms with Crippen molar-refractivity contribution in [1.82, 2.24) is 0 Å². The molecule has 3 heteroatoms. The molecule has 3 nitrogen and oxygen atoms in total. The van der Waals surface area contributed by atoms with Crippen LogP contribution in [0.3, 0.4) is 0 Å². The molecule has 0 amide bonds. The summed E-state index contributed by atoms with van der Waals surface area (Å²) in [4.78, 5) is 10.7. The maximum atomic E-state index is 10.7. The van der Waals surface area contributed by atoms with Crippen LogP contribution in [0.4, 0.5) is 5.69 Å². The topological polar surface area (TPSA) is 38.3 Å². The molecule has 0 spiro atoms. The zero-order valence-electron chi connectivity index (χ0n) is 9.25. The first-order valence-electron chi connectivity index (χ1n) is 5.09. The lowest BCUT2D eigenvalue weighted by atomic mass is 10.2. The summed E-state index contributed by atoms with van der Waals surface area (Å²) in [5.41, 5.74) is 1.05. The molecular weight excluding hydrogens is 190 g/mol. The predicted molar refractivity (Wildman–Crippen MR) is 61.4 cm³/mol. The summed E-state index contributed by atoms with van der Waals surface area (Å²) >= 11 is 0. The van der Waals surface area contributed by atoms with Crippen molar-refractivity contribution in [1.29, 1.82) is 0 Å². The second-order valence-corrected chi connectivity index (χ2v) is 3.46. The molecule has 0 atom stereocenters. The molecule has 0 radical (unpaired) electrons. The molecule has 1 N–H and O–H groups in total. The van der Waals surface area contributed by atoms with Gasteiger partial charge in [0, 0.05) is 18.7 Å². The van der Waals surface area contributed by atoms with E-state index in [-0.39, 0.29) is 5.78 Å². The number of hydrogen-bond acceptors (Lipinski definition) is 3. The molecule has 1 rings (SSSR count). The van der Waals surface area contributed by atoms with Gasteiger partial charge in [0.05, 0.1) is 7.11 Å². The summed E-state index contributed by atoms with van der Waals surface area (Å²) in [5, 5.41) is 3.24. The summed E-state index contributed by atoms with van der Waals surface area (Å²) in [7, 11) is 1.65. The molecule has 0 aliphatic heterocycles. The molecule has 0 saturated heterocycles. The normalized spacial score (nSPS) is 9.73. The van der Waals surface area contributed by atoms with Gasteiger partial charge in [0.25, 0.3) is 0 Å². The lowest BCUT2D eigenvalue weighted by molar-refractivity contribution is -0.117. The summed E-state index contributed by atoms with van der Waals surface area (Å²) in [6.45, 7) is 2.44. The molecule has 15 heavy (non-hydrogen) atoms. The van der Waals surface area contributed by atoms with Gasteiger partial charge in [-0.15, -0.1) is 0 Å². The van der Waals surface area contributed by atoms with Crippen molar-refractivity contribution in [2.45, 2.75) is 19.8 Å². The molecule has 82 valence electrons. The van der Waals surface area contributed by atoms with Crippen LogP contribution in [-0.4, -0.2) is 19.4 Å². The molecule has 0 fully saturated rings. The monoisotopic (exact) mass is 207 g/mol. The zero-order valence-corrected chi connectivity index (χ0v) is 9.25. The van der Waals surface area contributed by atoms with Crippen LogP contribution < -0.4 is 10.1 Å². The average molecular weight is 207 g/mol. The van der Waals surface area contributed by atoms with Crippen molar-refractivity contribution < 1.29 is 9.53 Å². The number of carbonyl (C=O) groups excluding carboxylic acids is 1. The van der Waals surface area contributed by atoms with E-state index < -0.39 is 0 Å². The zero-order chi connectivity index (χ0) is 11.1. The standard InChI is InChI=1S/C12H17NO2/c1-10(14)4-3-9-13-11-5-7-12(15-2)8-6-11/h5-8,13H,3-4,9H2,1-2H3. The van der Waals surface area contributed by atoms with Crippen molar-refractivity contribution in [3.05, 3.63) is 24.3 Å². The Kier molecular flexibility index (Phi) is 4.68. The van der Waals surface area contributed by atoms with Gasteiger partial charge in [0.1, 0.15) is 11.5 Å². The van der Waals surface area contributed by atoms with Gasteiger partial charge in [-0.3, -0.25) is 0 Å². The van der Waals surface area contributed by atoms with Gasteiger partial charge in [-0.05, 0) is 37.6 Å². The Hall–Kier alpha value is -1.51. The number of anilines is 1. The first kappa shape index (κ1) is 11.6. The Morgan fingerprint density at radius 3 is 2.53 bits per heavy atom. The Labute approximate surface area is 90.4 Å². The van der Waals surface area contributed by atoms with E-state index in [1.54, 1.807) is 14.0 Å². The predicted octanol–water partition coefficient (Wildman–Crippen LogP) is 2.48. The van der Waals surface area contributed by atoms with Crippen molar-refractivity contribution in [3.63, 3.8) is 0 Å². The fraction of sp³-hybridized carbons (Fsp3) is 0.417. The number of benzene rings is 1. The molecule has 0 unspecified atom stereocenters. The molecule has 0 aliphatic carbocycles. The summed E-state index contributed by atoms with van der Waals surface area (Å²) < 4.78 is 5.05. The van der Waals surface area contributed by atoms with Gasteiger partial charge in [-0.25, -0.2) is 0 Å². The van der Waals surface area contributed by atoms with E-state index in [1.165, 1.54) is 0 Å². The average Bonchev–Trinajstić information content (AvgIpc) is 2.25. The lowest BCUT2D eigenvalue weighted by Crippen LogP contribution is -2.03. The molecule has 1 aromatic rings. The molecule has 0 heterocycles. The maximum Gasteiger partial charge on any atom is 0.129 e. The molecule has 0 saturated carbocycles. The van der Waals surface area contributed by atoms with Crippen LogP contribution in [0.25, 0.3) is 0 Å². The van der Waals surface area contributed by atoms with E-state index in [9.17, 15) is 4.79 Å². The third-order valence-corrected chi connectivity index (χ3v) is 2.12. The molecule has 0 bridgehead atoms. The number of hydrogen-bond donors (Lipinski definition) is 1. The number of methoxy groups -OCH3 is 1. The van der Waals surface area contributed by atoms with Crippen molar-refractivity contribution >= 4 is 11.5 Å². The van der Waals surface area contributed by atoms with Crippen LogP contribution in [0.15, 0.2) is 24.3 Å². The number of rotatable bonds is 6. The van der Waals surface area contributed by atoms with Gasteiger partial charge < -0.3 is 14.8 Å². The fourth-order valence-electron chi connectivity index (χ4n) is 1.28. The molecule has 0 aromatic heterocycles. The van der Waals surface area contributed by atoms with Gasteiger partial charge in [-0.1, -0.05) is 0 Å². The number of Topliss-reactive ketones (excluding diaryl/α,β-unsaturated/α-hetero) is 1. The summed E-state index contributed by atoms with van der Waals surface area (Å²) in [5.74, 6) is 1.09. The van der Waals surface area contributed by atoms with Gasteiger partial charge in [0.15, 0.2) is 0 Å². The molecule has 0 aliphatic rings. The number of ether oxygens (including phenoxy) is 1. The first-order valence-corrected chi connectivity index (χ1v) is 5.09. The maximum absolute atomic E-state index is 10.7. The Morgan fingerprint density at radius 2 is 2.00 bits per heavy atom. The van der Waals surface area contributed by atoms with Gasteiger partial charge in [0.2, 0.25) is 0 Å². The van der Waals surface area contributed by atoms with E-state index in [0.29, 0.717) is 6.42 Å². The highest BCUT2D eigenvalue weighted by Crippen LogP contribution is 2.14. The van der Waals surface area contributed by atoms with Crippen molar-refractivity contribution in [3.8, 4) is 5.75 Å². The van der Waals surface area contributed by atoms with Crippen LogP contribution in [0.1, 0.15) is 19.8 Å². The summed E-state index contributed by atoms with van der Waals surface area (Å²) in [6, 6.07) is 7.75. The first-order chi connectivity index (χ1) is 7.22. The van der Waals surface area contributed by atoms with Crippen molar-refractivity contribution in [2.24, 2.45) is 0 Å². The largest absolute Gasteiger partial charge is 0.497 e. The van der Waals surface area contributed by atoms with E-state index in [1.807, 2.05) is 24.3 Å². The highest BCUT2D eigenvalue weighted by molar-refractivity contribution is 5.75. The van der Waals surface area contributed by atoms with E-state index in [0.717, 1.165) is 24.4 Å². The second-order valence-electron chi connectivity index (χ2n) is 3.46. The minimum atomic E-state index is 0.242. The van der Waals surface area contributed by atoms with Gasteiger partial charge in [-0.2, -0.15) is 0 Å². The number of carbonyl (C=O) groups is 1. The highest BCUT2D eigenvalue weighted by Gasteiger charge is 1.95. The van der Waals surface area contributed by atoms with Crippen molar-refractivity contribution in [2.75, 3.05) is 19.0 Å². The smallest absolute Gasteiger partial charge is 0.129 e. The summed E-state index contributed by atoms with van der Waals surface area (Å²) in [6.07, 6.45) is 1.52. The van der Waals surface area contributed by atoms with Crippen LogP contribution in [0.2, 0.25) is 0 Å². The third kappa shape index (κ3) is 4.49. The molecule has 1 aromatic carbocycles. The highest BCUT2D eigenvalue weighted by atomic mass is 16.5. The number of ketones is 1. The van der Waals surface area contributed by atoms with E-state index in [4.69, 9.17) is 4.74 Å². The Balaban J connectivity index is 2.28. The van der Waals surface area contributed by atoms with Crippen LogP contribution >= 0.6 is 0 Å². The second kappa shape index (κ2) is 6.06. The quantitative estimate of drug-likeness (QED) is 0.728. The Morgan fingerprint density at radius 1 is 1.33 bits per heavy atom. The fourth-order valence-corrected chi connectivity index (χ4v) is 1.28. The molecular formula is C12H17NO2. The van der Waals surface area contributed by atoms with Crippen LogP contribution in [-0.2, 0) is 4.79 Å². The lowest BCUT2D eigenvalue weighted by Gasteiger charge is -2.06. The SMILES string of the molecule is COc1ccc(NCCCC(C)=O)cc1. The number of nitrogens with one attached hydrogen (secondary N) is 1. The Bertz CT molecular complexity index is 306. The third-order valence-electron chi connectivity index (χ3n) is 2.12. The van der Waals surface area contributed by atoms with Crippen LogP contribution in [0, 0.1) is 0 Å². The minimum Gasteiger partial charge on any atom is -0.497 e. The minimum absolute atomic E-state index is 0.242.